The second-order valence-corrected chi connectivity index (χ2v) is 10.1. The molecule has 1 atom stereocenters. The third-order valence-electron chi connectivity index (χ3n) is 5.40. The van der Waals surface area contributed by atoms with E-state index in [4.69, 9.17) is 39.5 Å². The van der Waals surface area contributed by atoms with Gasteiger partial charge in [0.25, 0.3) is 3.79 Å². The molecule has 1 amide bonds. The van der Waals surface area contributed by atoms with Gasteiger partial charge in [0.15, 0.2) is 0 Å². The molecule has 0 aliphatic heterocycles. The Bertz CT molecular complexity index is 638. The highest BCUT2D eigenvalue weighted by atomic mass is 35.6. The molecule has 0 aromatic heterocycles. The lowest BCUT2D eigenvalue weighted by atomic mass is 9.76. The van der Waals surface area contributed by atoms with E-state index in [2.05, 4.69) is 19.2 Å². The Hall–Kier alpha value is -0.970. The van der Waals surface area contributed by atoms with Gasteiger partial charge in [-0.2, -0.15) is 0 Å². The minimum absolute atomic E-state index is 0.00264. The number of hydrogen-bond donors (Lipinski definition) is 1. The van der Waals surface area contributed by atoms with Gasteiger partial charge in [-0.05, 0) is 49.5 Å². The molecular weight excluding hydrogens is 421 g/mol. The number of ether oxygens (including phenoxy) is 1. The van der Waals surface area contributed by atoms with Crippen LogP contribution in [0.15, 0.2) is 30.3 Å². The zero-order valence-corrected chi connectivity index (χ0v) is 18.6. The summed E-state index contributed by atoms with van der Waals surface area (Å²) in [6.07, 6.45) is 4.45. The van der Waals surface area contributed by atoms with E-state index in [1.54, 1.807) is 0 Å². The first-order valence-electron chi connectivity index (χ1n) is 9.75. The smallest absolute Gasteiger partial charge is 0.358 e. The van der Waals surface area contributed by atoms with Crippen LogP contribution in [-0.4, -0.2) is 28.3 Å². The van der Waals surface area contributed by atoms with Crippen LogP contribution in [0.4, 0.5) is 0 Å². The average Bonchev–Trinajstić information content (AvgIpc) is 2.65. The fraction of sp³-hybridized carbons (Fsp3) is 0.619. The Balaban J connectivity index is 1.96. The van der Waals surface area contributed by atoms with Gasteiger partial charge in [0.2, 0.25) is 5.91 Å². The van der Waals surface area contributed by atoms with Crippen molar-refractivity contribution in [3.8, 4) is 0 Å². The summed E-state index contributed by atoms with van der Waals surface area (Å²) >= 11 is 16.7. The molecule has 28 heavy (non-hydrogen) atoms. The summed E-state index contributed by atoms with van der Waals surface area (Å²) < 4.78 is 3.00. The summed E-state index contributed by atoms with van der Waals surface area (Å²) in [7, 11) is 0. The third kappa shape index (κ3) is 7.46. The lowest BCUT2D eigenvalue weighted by molar-refractivity contribution is -0.144. The molecule has 0 saturated heterocycles. The van der Waals surface area contributed by atoms with Gasteiger partial charge in [-0.25, -0.2) is 4.79 Å². The molecule has 2 rings (SSSR count). The number of carbonyl (C=O) groups is 2. The Kier molecular flexibility index (Phi) is 8.91. The van der Waals surface area contributed by atoms with Crippen molar-refractivity contribution in [3.05, 3.63) is 35.9 Å². The zero-order chi connectivity index (χ0) is 20.7. The first kappa shape index (κ1) is 23.3. The van der Waals surface area contributed by atoms with Crippen LogP contribution in [0.2, 0.25) is 0 Å². The van der Waals surface area contributed by atoms with Gasteiger partial charge in [0.05, 0.1) is 6.04 Å². The molecule has 0 radical (unpaired) electrons. The number of amides is 1. The Morgan fingerprint density at radius 1 is 1.11 bits per heavy atom. The number of benzene rings is 1. The minimum Gasteiger partial charge on any atom is -0.460 e. The fourth-order valence-electron chi connectivity index (χ4n) is 3.68. The summed E-state index contributed by atoms with van der Waals surface area (Å²) in [5.41, 5.74) is 1.03. The average molecular weight is 449 g/mol. The quantitative estimate of drug-likeness (QED) is 0.467. The van der Waals surface area contributed by atoms with E-state index < -0.39 is 9.76 Å². The summed E-state index contributed by atoms with van der Waals surface area (Å²) in [4.78, 5) is 24.6. The predicted octanol–water partition coefficient (Wildman–Crippen LogP) is 5.09. The molecule has 1 aliphatic carbocycles. The normalized spacial score (nSPS) is 21.2. The molecule has 0 heterocycles. The highest BCUT2D eigenvalue weighted by molar-refractivity contribution is 6.75. The SMILES string of the molecule is CC(C)C1CCC(C(=O)N[C@@H](COC(=O)C(Cl)(Cl)Cl)Cc2ccccc2)CC1. The first-order valence-corrected chi connectivity index (χ1v) is 10.9. The number of hydrogen-bond acceptors (Lipinski definition) is 3. The summed E-state index contributed by atoms with van der Waals surface area (Å²) in [6.45, 7) is 4.43. The van der Waals surface area contributed by atoms with Crippen LogP contribution in [-0.2, 0) is 20.7 Å². The van der Waals surface area contributed by atoms with E-state index in [9.17, 15) is 9.59 Å². The molecule has 0 bridgehead atoms. The van der Waals surface area contributed by atoms with Crippen molar-refractivity contribution in [2.75, 3.05) is 6.61 Å². The molecule has 7 heteroatoms. The van der Waals surface area contributed by atoms with Crippen LogP contribution in [0.1, 0.15) is 45.1 Å². The number of esters is 1. The molecule has 156 valence electrons. The molecular formula is C21H28Cl3NO3. The van der Waals surface area contributed by atoms with Gasteiger partial charge in [-0.1, -0.05) is 79.0 Å². The van der Waals surface area contributed by atoms with Crippen molar-refractivity contribution >= 4 is 46.7 Å². The Labute approximate surface area is 182 Å². The van der Waals surface area contributed by atoms with Gasteiger partial charge < -0.3 is 10.1 Å². The van der Waals surface area contributed by atoms with Crippen molar-refractivity contribution < 1.29 is 14.3 Å². The maximum atomic E-state index is 12.8. The number of carbonyl (C=O) groups excluding carboxylic acids is 2. The van der Waals surface area contributed by atoms with Crippen molar-refractivity contribution in [2.24, 2.45) is 17.8 Å². The zero-order valence-electron chi connectivity index (χ0n) is 16.3. The van der Waals surface area contributed by atoms with Crippen molar-refractivity contribution in [1.82, 2.24) is 5.32 Å². The molecule has 1 saturated carbocycles. The third-order valence-corrected chi connectivity index (χ3v) is 5.87. The van der Waals surface area contributed by atoms with Crippen molar-refractivity contribution in [2.45, 2.75) is 55.8 Å². The first-order chi connectivity index (χ1) is 13.2. The molecule has 1 aromatic rings. The van der Waals surface area contributed by atoms with E-state index in [1.807, 2.05) is 30.3 Å². The van der Waals surface area contributed by atoms with Gasteiger partial charge in [-0.15, -0.1) is 0 Å². The van der Waals surface area contributed by atoms with Crippen LogP contribution in [0, 0.1) is 17.8 Å². The molecule has 1 N–H and O–H groups in total. The Morgan fingerprint density at radius 2 is 1.71 bits per heavy atom. The molecule has 1 fully saturated rings. The molecule has 4 nitrogen and oxygen atoms in total. The lowest BCUT2D eigenvalue weighted by Gasteiger charge is -2.31. The highest BCUT2D eigenvalue weighted by Gasteiger charge is 2.34. The van der Waals surface area contributed by atoms with Gasteiger partial charge in [-0.3, -0.25) is 4.79 Å². The minimum atomic E-state index is -2.13. The highest BCUT2D eigenvalue weighted by Crippen LogP contribution is 2.33. The van der Waals surface area contributed by atoms with Gasteiger partial charge in [0.1, 0.15) is 6.61 Å². The maximum absolute atomic E-state index is 12.8. The number of halogens is 3. The van der Waals surface area contributed by atoms with Gasteiger partial charge >= 0.3 is 5.97 Å². The number of alkyl halides is 3. The van der Waals surface area contributed by atoms with Crippen LogP contribution in [0.5, 0.6) is 0 Å². The second kappa shape index (κ2) is 10.7. The van der Waals surface area contributed by atoms with Gasteiger partial charge in [0, 0.05) is 5.92 Å². The number of nitrogens with one attached hydrogen (secondary N) is 1. The monoisotopic (exact) mass is 447 g/mol. The molecule has 1 aliphatic rings. The summed E-state index contributed by atoms with van der Waals surface area (Å²) in [5, 5.41) is 3.04. The van der Waals surface area contributed by atoms with E-state index in [0.29, 0.717) is 18.3 Å². The summed E-state index contributed by atoms with van der Waals surface area (Å²) in [5.74, 6) is 0.401. The topological polar surface area (TPSA) is 55.4 Å². The largest absolute Gasteiger partial charge is 0.460 e. The maximum Gasteiger partial charge on any atom is 0.358 e. The second-order valence-electron chi connectivity index (χ2n) is 7.85. The Morgan fingerprint density at radius 3 is 2.25 bits per heavy atom. The van der Waals surface area contributed by atoms with E-state index >= 15 is 0 Å². The van der Waals surface area contributed by atoms with Crippen molar-refractivity contribution in [3.63, 3.8) is 0 Å². The standard InChI is InChI=1S/C21H28Cl3NO3/c1-14(2)16-8-10-17(11-9-16)19(26)25-18(12-15-6-4-3-5-7-15)13-28-20(27)21(22,23)24/h3-7,14,16-18H,8-13H2,1-2H3,(H,25,26)/t16?,17?,18-/m1/s1. The van der Waals surface area contributed by atoms with E-state index in [0.717, 1.165) is 31.2 Å². The molecule has 0 unspecified atom stereocenters. The fourth-order valence-corrected chi connectivity index (χ4v) is 3.84. The van der Waals surface area contributed by atoms with Crippen LogP contribution in [0.3, 0.4) is 0 Å². The lowest BCUT2D eigenvalue weighted by Crippen LogP contribution is -2.44. The van der Waals surface area contributed by atoms with E-state index in [1.165, 1.54) is 0 Å². The molecule has 1 aromatic carbocycles. The van der Waals surface area contributed by atoms with Crippen LogP contribution in [0.25, 0.3) is 0 Å². The predicted molar refractivity (Wildman–Crippen MR) is 114 cm³/mol. The van der Waals surface area contributed by atoms with Crippen LogP contribution < -0.4 is 5.32 Å². The number of rotatable bonds is 7. The van der Waals surface area contributed by atoms with Crippen molar-refractivity contribution in [1.29, 1.82) is 0 Å². The molecule has 0 spiro atoms. The van der Waals surface area contributed by atoms with E-state index in [-0.39, 0.29) is 24.5 Å². The van der Waals surface area contributed by atoms with Crippen LogP contribution >= 0.6 is 34.8 Å². The summed E-state index contributed by atoms with van der Waals surface area (Å²) in [6, 6.07) is 9.32.